The molecule has 49 valence electrons. The molecule has 0 aliphatic rings. The first-order valence-electron chi connectivity index (χ1n) is 2.85. The summed E-state index contributed by atoms with van der Waals surface area (Å²) in [5.74, 6) is 3.38. The maximum Gasteiger partial charge on any atom is 0.370 e. The van der Waals surface area contributed by atoms with Crippen molar-refractivity contribution in [1.29, 1.82) is 0 Å². The van der Waals surface area contributed by atoms with Crippen LogP contribution in [-0.4, -0.2) is 5.97 Å². The Morgan fingerprint density at radius 1 is 1.67 bits per heavy atom. The van der Waals surface area contributed by atoms with Crippen LogP contribution < -0.4 is 0 Å². The van der Waals surface area contributed by atoms with Crippen LogP contribution in [0.4, 0.5) is 0 Å². The molecule has 1 radical (unpaired) electrons. The lowest BCUT2D eigenvalue weighted by Gasteiger charge is -1.94. The minimum absolute atomic E-state index is 0.517. The molecule has 0 aromatic rings. The Hall–Kier alpha value is -0.970. The molecule has 1 unspecified atom stereocenters. The van der Waals surface area contributed by atoms with Gasteiger partial charge in [0.15, 0.2) is 0 Å². The highest BCUT2D eigenvalue weighted by Crippen LogP contribution is 1.99. The molecule has 0 heterocycles. The van der Waals surface area contributed by atoms with Crippen molar-refractivity contribution in [2.24, 2.45) is 5.92 Å². The van der Waals surface area contributed by atoms with E-state index in [2.05, 4.69) is 11.8 Å². The van der Waals surface area contributed by atoms with Gasteiger partial charge in [0.25, 0.3) is 0 Å². The molecule has 0 aromatic carbocycles. The fourth-order valence-corrected chi connectivity index (χ4v) is 0.502. The summed E-state index contributed by atoms with van der Waals surface area (Å²) >= 11 is 0. The molecule has 0 aromatic heterocycles. The van der Waals surface area contributed by atoms with Crippen LogP contribution in [0.15, 0.2) is 0 Å². The molecule has 0 rings (SSSR count). The third kappa shape index (κ3) is 2.76. The van der Waals surface area contributed by atoms with E-state index >= 15 is 0 Å². The molecule has 2 nitrogen and oxygen atoms in total. The van der Waals surface area contributed by atoms with Gasteiger partial charge in [0.05, 0.1) is 0 Å². The number of carbonyl (C=O) groups is 1. The second kappa shape index (κ2) is 3.96. The zero-order chi connectivity index (χ0) is 7.28. The van der Waals surface area contributed by atoms with E-state index in [1.54, 1.807) is 13.8 Å². The van der Waals surface area contributed by atoms with Gasteiger partial charge in [0.1, 0.15) is 5.92 Å². The Bertz CT molecular complexity index is 150. The van der Waals surface area contributed by atoms with Crippen LogP contribution in [0.1, 0.15) is 20.3 Å². The van der Waals surface area contributed by atoms with Gasteiger partial charge in [-0.25, -0.2) is 9.90 Å². The molecule has 0 spiro atoms. The van der Waals surface area contributed by atoms with E-state index in [0.29, 0.717) is 6.42 Å². The van der Waals surface area contributed by atoms with E-state index in [1.165, 1.54) is 0 Å². The predicted octanol–water partition coefficient (Wildman–Crippen LogP) is 0.993. The first kappa shape index (κ1) is 8.03. The monoisotopic (exact) mass is 125 g/mol. The SMILES string of the molecule is CC#CC(CC)C([O])=O. The van der Waals surface area contributed by atoms with Crippen molar-refractivity contribution in [3.05, 3.63) is 0 Å². The topological polar surface area (TPSA) is 37.0 Å². The highest BCUT2D eigenvalue weighted by molar-refractivity contribution is 5.72. The molecule has 0 aliphatic carbocycles. The minimum Gasteiger partial charge on any atom is -0.246 e. The second-order valence-corrected chi connectivity index (χ2v) is 1.67. The Morgan fingerprint density at radius 2 is 2.22 bits per heavy atom. The summed E-state index contributed by atoms with van der Waals surface area (Å²) in [5, 5.41) is 10.1. The van der Waals surface area contributed by atoms with Crippen molar-refractivity contribution >= 4 is 5.97 Å². The van der Waals surface area contributed by atoms with Gasteiger partial charge in [-0.05, 0) is 13.3 Å². The van der Waals surface area contributed by atoms with Gasteiger partial charge in [-0.3, -0.25) is 0 Å². The molecule has 0 bridgehead atoms. The number of rotatable bonds is 2. The van der Waals surface area contributed by atoms with E-state index < -0.39 is 11.9 Å². The Labute approximate surface area is 54.9 Å². The van der Waals surface area contributed by atoms with Crippen molar-refractivity contribution in [1.82, 2.24) is 0 Å². The predicted molar refractivity (Wildman–Crippen MR) is 32.9 cm³/mol. The third-order valence-electron chi connectivity index (χ3n) is 1.01. The smallest absolute Gasteiger partial charge is 0.246 e. The third-order valence-corrected chi connectivity index (χ3v) is 1.01. The minimum atomic E-state index is -1.08. The summed E-state index contributed by atoms with van der Waals surface area (Å²) in [4.78, 5) is 10.1. The van der Waals surface area contributed by atoms with Crippen molar-refractivity contribution < 1.29 is 9.90 Å². The molecular weight excluding hydrogens is 116 g/mol. The van der Waals surface area contributed by atoms with Crippen LogP contribution in [0.2, 0.25) is 0 Å². The van der Waals surface area contributed by atoms with Gasteiger partial charge in [0, 0.05) is 0 Å². The van der Waals surface area contributed by atoms with Crippen LogP contribution >= 0.6 is 0 Å². The van der Waals surface area contributed by atoms with E-state index in [-0.39, 0.29) is 0 Å². The largest absolute Gasteiger partial charge is 0.370 e. The zero-order valence-corrected chi connectivity index (χ0v) is 5.60. The lowest BCUT2D eigenvalue weighted by molar-refractivity contribution is -0.146. The number of hydrogen-bond acceptors (Lipinski definition) is 1. The fraction of sp³-hybridized carbons (Fsp3) is 0.571. The average Bonchev–Trinajstić information content (AvgIpc) is 1.82. The van der Waals surface area contributed by atoms with Crippen LogP contribution in [-0.2, 0) is 9.90 Å². The highest BCUT2D eigenvalue weighted by atomic mass is 16.4. The summed E-state index contributed by atoms with van der Waals surface area (Å²) in [7, 11) is 0. The van der Waals surface area contributed by atoms with E-state index in [1.807, 2.05) is 0 Å². The lowest BCUT2D eigenvalue weighted by Crippen LogP contribution is -2.07. The fourth-order valence-electron chi connectivity index (χ4n) is 0.502. The molecule has 9 heavy (non-hydrogen) atoms. The van der Waals surface area contributed by atoms with Crippen LogP contribution in [0.3, 0.4) is 0 Å². The molecule has 0 amide bonds. The van der Waals surface area contributed by atoms with Crippen LogP contribution in [0.25, 0.3) is 0 Å². The van der Waals surface area contributed by atoms with Gasteiger partial charge in [-0.15, -0.1) is 5.92 Å². The number of carbonyl (C=O) groups excluding carboxylic acids is 1. The van der Waals surface area contributed by atoms with Crippen molar-refractivity contribution in [3.63, 3.8) is 0 Å². The summed E-state index contributed by atoms with van der Waals surface area (Å²) in [5.41, 5.74) is 0. The van der Waals surface area contributed by atoms with Gasteiger partial charge in [0.2, 0.25) is 0 Å². The summed E-state index contributed by atoms with van der Waals surface area (Å²) in [6, 6.07) is 0. The van der Waals surface area contributed by atoms with Gasteiger partial charge in [-0.1, -0.05) is 12.8 Å². The molecule has 0 saturated carbocycles. The molecule has 0 N–H and O–H groups in total. The van der Waals surface area contributed by atoms with Crippen LogP contribution in [0.5, 0.6) is 0 Å². The Morgan fingerprint density at radius 3 is 2.33 bits per heavy atom. The van der Waals surface area contributed by atoms with Gasteiger partial charge >= 0.3 is 5.97 Å². The van der Waals surface area contributed by atoms with Gasteiger partial charge < -0.3 is 0 Å². The van der Waals surface area contributed by atoms with E-state index in [9.17, 15) is 9.90 Å². The second-order valence-electron chi connectivity index (χ2n) is 1.67. The molecule has 0 fully saturated rings. The van der Waals surface area contributed by atoms with Crippen molar-refractivity contribution in [2.45, 2.75) is 20.3 Å². The van der Waals surface area contributed by atoms with Gasteiger partial charge in [-0.2, -0.15) is 0 Å². The maximum atomic E-state index is 10.1. The molecule has 0 saturated heterocycles. The number of hydrogen-bond donors (Lipinski definition) is 0. The average molecular weight is 125 g/mol. The first-order valence-corrected chi connectivity index (χ1v) is 2.85. The summed E-state index contributed by atoms with van der Waals surface area (Å²) < 4.78 is 0. The maximum absolute atomic E-state index is 10.1. The van der Waals surface area contributed by atoms with Crippen molar-refractivity contribution in [2.75, 3.05) is 0 Å². The lowest BCUT2D eigenvalue weighted by atomic mass is 10.1. The van der Waals surface area contributed by atoms with Crippen LogP contribution in [0, 0.1) is 17.8 Å². The van der Waals surface area contributed by atoms with Crippen molar-refractivity contribution in [3.8, 4) is 11.8 Å². The summed E-state index contributed by atoms with van der Waals surface area (Å²) in [6.45, 7) is 3.39. The van der Waals surface area contributed by atoms with E-state index in [4.69, 9.17) is 0 Å². The molecular formula is C7H9O2. The molecule has 1 atom stereocenters. The normalized spacial score (nSPS) is 11.3. The summed E-state index contributed by atoms with van der Waals surface area (Å²) in [6.07, 6.45) is 0.517. The highest BCUT2D eigenvalue weighted by Gasteiger charge is 2.12. The molecule has 0 aliphatic heterocycles. The van der Waals surface area contributed by atoms with E-state index in [0.717, 1.165) is 0 Å². The molecule has 2 heteroatoms. The zero-order valence-electron chi connectivity index (χ0n) is 5.60. The standard InChI is InChI=1S/C7H9O2/c1-3-5-6(4-2)7(8)9/h6H,4H2,1-2H3. The Balaban J connectivity index is 3.94. The first-order chi connectivity index (χ1) is 4.22. The quantitative estimate of drug-likeness (QED) is 0.507. The Kier molecular flexibility index (Phi) is 3.54.